The standard InChI is InChI=1S/C14H11NO2/c16-13-6-2-1-5-12(13)14(17)8-7-11-4-3-9-15-10-11/h1-10,17H/q-2/b14-8+. The summed E-state index contributed by atoms with van der Waals surface area (Å²) in [6.07, 6.45) is 6.54. The van der Waals surface area contributed by atoms with E-state index in [2.05, 4.69) is 4.98 Å². The Labute approximate surface area is 99.1 Å². The van der Waals surface area contributed by atoms with Crippen LogP contribution in [0.15, 0.2) is 59.7 Å². The molecule has 17 heavy (non-hydrogen) atoms. The van der Waals surface area contributed by atoms with Crippen LogP contribution < -0.4 is 5.43 Å². The first-order valence-corrected chi connectivity index (χ1v) is 5.18. The van der Waals surface area contributed by atoms with Gasteiger partial charge in [0.1, 0.15) is 0 Å². The smallest absolute Gasteiger partial charge is 0.0730 e. The van der Waals surface area contributed by atoms with Crippen molar-refractivity contribution in [1.82, 2.24) is 4.98 Å². The van der Waals surface area contributed by atoms with Crippen molar-refractivity contribution in [2.75, 3.05) is 0 Å². The van der Waals surface area contributed by atoms with Gasteiger partial charge in [-0.2, -0.15) is 18.2 Å². The molecule has 0 saturated carbocycles. The molecule has 0 atom stereocenters. The third-order valence-electron chi connectivity index (χ3n) is 2.28. The SMILES string of the molecule is O=c1cc[cH-]cc1/C(O)=C\[CH-]c1cccnc1. The number of para-hydroxylation sites is 1. The Morgan fingerprint density at radius 2 is 2.35 bits per heavy atom. The molecule has 0 aliphatic rings. The third kappa shape index (κ3) is 2.78. The van der Waals surface area contributed by atoms with Crippen molar-refractivity contribution in [3.8, 4) is 0 Å². The van der Waals surface area contributed by atoms with Gasteiger partial charge in [-0.05, 0) is 12.0 Å². The molecule has 2 aromatic rings. The summed E-state index contributed by atoms with van der Waals surface area (Å²) >= 11 is 0. The zero-order chi connectivity index (χ0) is 12.1. The Bertz CT molecular complexity index is 570. The van der Waals surface area contributed by atoms with Gasteiger partial charge in [0.15, 0.2) is 0 Å². The van der Waals surface area contributed by atoms with E-state index in [9.17, 15) is 9.90 Å². The summed E-state index contributed by atoms with van der Waals surface area (Å²) in [6, 6.07) is 10.0. The van der Waals surface area contributed by atoms with Gasteiger partial charge in [0, 0.05) is 6.20 Å². The maximum Gasteiger partial charge on any atom is 0.0730 e. The fourth-order valence-corrected chi connectivity index (χ4v) is 1.42. The van der Waals surface area contributed by atoms with Crippen molar-refractivity contribution in [1.29, 1.82) is 0 Å². The van der Waals surface area contributed by atoms with Gasteiger partial charge < -0.3 is 14.9 Å². The van der Waals surface area contributed by atoms with Gasteiger partial charge in [-0.1, -0.05) is 11.6 Å². The van der Waals surface area contributed by atoms with Crippen molar-refractivity contribution < 1.29 is 5.11 Å². The maximum atomic E-state index is 11.4. The van der Waals surface area contributed by atoms with E-state index >= 15 is 0 Å². The second-order valence-corrected chi connectivity index (χ2v) is 3.50. The normalized spacial score (nSPS) is 11.2. The van der Waals surface area contributed by atoms with E-state index in [1.807, 2.05) is 6.07 Å². The lowest BCUT2D eigenvalue weighted by atomic mass is 10.1. The van der Waals surface area contributed by atoms with E-state index in [1.165, 1.54) is 12.1 Å². The van der Waals surface area contributed by atoms with Crippen molar-refractivity contribution >= 4 is 5.76 Å². The quantitative estimate of drug-likeness (QED) is 0.644. The molecule has 0 bridgehead atoms. The van der Waals surface area contributed by atoms with Gasteiger partial charge in [-0.15, -0.1) is 30.2 Å². The zero-order valence-electron chi connectivity index (χ0n) is 9.08. The summed E-state index contributed by atoms with van der Waals surface area (Å²) in [6.45, 7) is 0. The topological polar surface area (TPSA) is 50.2 Å². The minimum atomic E-state index is -0.194. The second kappa shape index (κ2) is 5.07. The predicted octanol–water partition coefficient (Wildman–Crippen LogP) is 2.31. The molecule has 0 aliphatic heterocycles. The van der Waals surface area contributed by atoms with E-state index < -0.39 is 0 Å². The van der Waals surface area contributed by atoms with Crippen LogP contribution in [0.3, 0.4) is 0 Å². The number of pyridine rings is 1. The molecule has 2 rings (SSSR count). The molecule has 0 saturated heterocycles. The highest BCUT2D eigenvalue weighted by Gasteiger charge is 1.90. The van der Waals surface area contributed by atoms with Gasteiger partial charge in [0.25, 0.3) is 0 Å². The molecule has 0 radical (unpaired) electrons. The predicted molar refractivity (Wildman–Crippen MR) is 66.5 cm³/mol. The lowest BCUT2D eigenvalue weighted by Crippen LogP contribution is -2.04. The van der Waals surface area contributed by atoms with Crippen LogP contribution in [0.2, 0.25) is 0 Å². The van der Waals surface area contributed by atoms with Crippen molar-refractivity contribution in [2.45, 2.75) is 0 Å². The summed E-state index contributed by atoms with van der Waals surface area (Å²) in [5.41, 5.74) is 0.968. The Morgan fingerprint density at radius 1 is 1.47 bits per heavy atom. The van der Waals surface area contributed by atoms with Gasteiger partial charge in [-0.3, -0.25) is 0 Å². The van der Waals surface area contributed by atoms with E-state index in [-0.39, 0.29) is 11.2 Å². The molecule has 1 N–H and O–H groups in total. The lowest BCUT2D eigenvalue weighted by molar-refractivity contribution is 0.510. The average molecular weight is 225 g/mol. The van der Waals surface area contributed by atoms with E-state index in [4.69, 9.17) is 0 Å². The van der Waals surface area contributed by atoms with Crippen molar-refractivity contribution in [3.63, 3.8) is 0 Å². The third-order valence-corrected chi connectivity index (χ3v) is 2.28. The van der Waals surface area contributed by atoms with Crippen LogP contribution in [0.4, 0.5) is 0 Å². The number of rotatable bonds is 3. The Hall–Kier alpha value is -2.42. The molecule has 3 heteroatoms. The molecule has 0 spiro atoms. The van der Waals surface area contributed by atoms with Crippen LogP contribution in [-0.4, -0.2) is 10.1 Å². The number of nitrogens with zero attached hydrogens (tertiary/aromatic N) is 1. The number of allylic oxidation sites excluding steroid dienone is 1. The zero-order valence-corrected chi connectivity index (χ0v) is 9.08. The fourth-order valence-electron chi connectivity index (χ4n) is 1.42. The molecule has 1 heterocycles. The number of benzene rings is 1. The Kier molecular flexibility index (Phi) is 3.31. The molecule has 0 unspecified atom stereocenters. The lowest BCUT2D eigenvalue weighted by Gasteiger charge is -2.10. The van der Waals surface area contributed by atoms with Gasteiger partial charge in [0.2, 0.25) is 0 Å². The summed E-state index contributed by atoms with van der Waals surface area (Å²) in [5.74, 6) is -0.0422. The average Bonchev–Trinajstić information content (AvgIpc) is 2.38. The van der Waals surface area contributed by atoms with Crippen LogP contribution in [0.1, 0.15) is 11.1 Å². The van der Waals surface area contributed by atoms with Crippen LogP contribution in [-0.2, 0) is 0 Å². The number of aliphatic hydroxyl groups excluding tert-OH is 1. The molecule has 3 nitrogen and oxygen atoms in total. The first kappa shape index (κ1) is 11.1. The minimum absolute atomic E-state index is 0.0422. The van der Waals surface area contributed by atoms with Crippen molar-refractivity contribution in [2.24, 2.45) is 0 Å². The Balaban J connectivity index is 2.19. The second-order valence-electron chi connectivity index (χ2n) is 3.50. The van der Waals surface area contributed by atoms with Crippen LogP contribution in [0, 0.1) is 6.42 Å². The van der Waals surface area contributed by atoms with E-state index in [1.54, 1.807) is 43.1 Å². The highest BCUT2D eigenvalue weighted by molar-refractivity contribution is 5.60. The van der Waals surface area contributed by atoms with Gasteiger partial charge in [0.05, 0.1) is 5.43 Å². The molecular weight excluding hydrogens is 214 g/mol. The maximum absolute atomic E-state index is 11.4. The van der Waals surface area contributed by atoms with Crippen LogP contribution >= 0.6 is 0 Å². The van der Waals surface area contributed by atoms with Gasteiger partial charge in [-0.25, -0.2) is 0 Å². The first-order valence-electron chi connectivity index (χ1n) is 5.18. The molecule has 0 aliphatic carbocycles. The van der Waals surface area contributed by atoms with Crippen LogP contribution in [0.25, 0.3) is 5.76 Å². The summed E-state index contributed by atoms with van der Waals surface area (Å²) < 4.78 is 0. The first-order chi connectivity index (χ1) is 8.27. The molecule has 86 valence electrons. The largest absolute Gasteiger partial charge is 0.563 e. The highest BCUT2D eigenvalue weighted by atomic mass is 16.3. The fraction of sp³-hybridized carbons (Fsp3) is 0. The molecule has 0 fully saturated rings. The Morgan fingerprint density at radius 3 is 3.06 bits per heavy atom. The number of hydrogen-bond donors (Lipinski definition) is 1. The minimum Gasteiger partial charge on any atom is -0.563 e. The molecule has 0 amide bonds. The summed E-state index contributed by atoms with van der Waals surface area (Å²) in [7, 11) is 0. The monoisotopic (exact) mass is 225 g/mol. The summed E-state index contributed by atoms with van der Waals surface area (Å²) in [5, 5.41) is 9.77. The molecule has 1 aromatic carbocycles. The highest BCUT2D eigenvalue weighted by Crippen LogP contribution is 2.09. The summed E-state index contributed by atoms with van der Waals surface area (Å²) in [4.78, 5) is 15.4. The number of aliphatic hydroxyl groups is 1. The van der Waals surface area contributed by atoms with Crippen LogP contribution in [0.5, 0.6) is 0 Å². The number of hydrogen-bond acceptors (Lipinski definition) is 3. The van der Waals surface area contributed by atoms with E-state index in [0.717, 1.165) is 5.56 Å². The molecule has 1 aromatic heterocycles. The number of aromatic nitrogens is 1. The molecular formula is C14H11NO2-2. The van der Waals surface area contributed by atoms with Crippen molar-refractivity contribution in [3.05, 3.63) is 82.6 Å². The van der Waals surface area contributed by atoms with E-state index in [0.29, 0.717) is 5.56 Å². The van der Waals surface area contributed by atoms with Gasteiger partial charge >= 0.3 is 0 Å².